The first kappa shape index (κ1) is 20.9. The number of aromatic nitrogens is 4. The highest BCUT2D eigenvalue weighted by Crippen LogP contribution is 2.29. The van der Waals surface area contributed by atoms with Gasteiger partial charge in [-0.15, -0.1) is 0 Å². The maximum atomic E-state index is 12.9. The fourth-order valence-corrected chi connectivity index (χ4v) is 4.01. The monoisotopic (exact) mass is 467 g/mol. The molecule has 1 amide bonds. The SMILES string of the molecule is [C-]#[N+]c1ccc(-c2nc(NC(=O)c3ccc([N+](=O)[O-])s3)c3cnn(-c4ccccc4)c3n2)cc1. The molecule has 10 nitrogen and oxygen atoms in total. The zero-order chi connectivity index (χ0) is 23.7. The molecule has 0 fully saturated rings. The van der Waals surface area contributed by atoms with E-state index in [-0.39, 0.29) is 15.7 Å². The first-order chi connectivity index (χ1) is 16.5. The smallest absolute Gasteiger partial charge is 0.305 e. The molecule has 164 valence electrons. The Morgan fingerprint density at radius 1 is 1.06 bits per heavy atom. The van der Waals surface area contributed by atoms with Gasteiger partial charge in [-0.05, 0) is 18.2 Å². The molecule has 3 aromatic heterocycles. The van der Waals surface area contributed by atoms with Crippen molar-refractivity contribution in [2.24, 2.45) is 0 Å². The van der Waals surface area contributed by atoms with Gasteiger partial charge in [0.25, 0.3) is 5.91 Å². The molecule has 0 saturated heterocycles. The van der Waals surface area contributed by atoms with Gasteiger partial charge in [0.1, 0.15) is 5.82 Å². The number of nitrogens with zero attached hydrogens (tertiary/aromatic N) is 6. The van der Waals surface area contributed by atoms with Crippen molar-refractivity contribution in [3.05, 3.63) is 99.3 Å². The maximum absolute atomic E-state index is 12.9. The molecule has 1 N–H and O–H groups in total. The van der Waals surface area contributed by atoms with E-state index in [0.717, 1.165) is 17.0 Å². The lowest BCUT2D eigenvalue weighted by molar-refractivity contribution is -0.380. The number of thiophene rings is 1. The lowest BCUT2D eigenvalue weighted by atomic mass is 10.2. The quantitative estimate of drug-likeness (QED) is 0.214. The summed E-state index contributed by atoms with van der Waals surface area (Å²) in [6.45, 7) is 7.14. The van der Waals surface area contributed by atoms with Gasteiger partial charge < -0.3 is 5.32 Å². The van der Waals surface area contributed by atoms with Gasteiger partial charge in [-0.3, -0.25) is 14.9 Å². The van der Waals surface area contributed by atoms with Crippen molar-refractivity contribution in [3.63, 3.8) is 0 Å². The number of benzene rings is 2. The Hall–Kier alpha value is -4.95. The molecule has 0 spiro atoms. The first-order valence-corrected chi connectivity index (χ1v) is 10.7. The predicted molar refractivity (Wildman–Crippen MR) is 127 cm³/mol. The molecule has 2 aromatic carbocycles. The summed E-state index contributed by atoms with van der Waals surface area (Å²) in [5, 5.41) is 18.5. The van der Waals surface area contributed by atoms with Gasteiger partial charge in [-0.25, -0.2) is 19.5 Å². The van der Waals surface area contributed by atoms with Crippen molar-refractivity contribution < 1.29 is 9.72 Å². The molecule has 0 saturated carbocycles. The molecule has 11 heteroatoms. The van der Waals surface area contributed by atoms with Gasteiger partial charge in [-0.1, -0.05) is 53.8 Å². The van der Waals surface area contributed by atoms with Crippen LogP contribution in [-0.2, 0) is 0 Å². The van der Waals surface area contributed by atoms with Crippen molar-refractivity contribution in [3.8, 4) is 17.1 Å². The summed E-state index contributed by atoms with van der Waals surface area (Å²) < 4.78 is 1.64. The van der Waals surface area contributed by atoms with Crippen LogP contribution in [0.5, 0.6) is 0 Å². The van der Waals surface area contributed by atoms with Crippen LogP contribution in [0.25, 0.3) is 33.0 Å². The van der Waals surface area contributed by atoms with Crippen LogP contribution in [0.1, 0.15) is 9.67 Å². The molecular weight excluding hydrogens is 454 g/mol. The number of para-hydroxylation sites is 1. The molecular formula is C23H13N7O3S. The number of anilines is 1. The Kier molecular flexibility index (Phi) is 5.25. The average molecular weight is 467 g/mol. The number of hydrogen-bond donors (Lipinski definition) is 1. The number of carbonyl (C=O) groups excluding carboxylic acids is 1. The van der Waals surface area contributed by atoms with E-state index < -0.39 is 10.8 Å². The summed E-state index contributed by atoms with van der Waals surface area (Å²) in [5.41, 5.74) is 2.37. The zero-order valence-electron chi connectivity index (χ0n) is 17.2. The Bertz CT molecular complexity index is 1580. The number of nitrogens with one attached hydrogen (secondary N) is 1. The predicted octanol–water partition coefficient (Wildman–Crippen LogP) is 5.26. The van der Waals surface area contributed by atoms with Crippen molar-refractivity contribution in [1.29, 1.82) is 0 Å². The van der Waals surface area contributed by atoms with Gasteiger partial charge in [0, 0.05) is 11.6 Å². The Balaban J connectivity index is 1.63. The van der Waals surface area contributed by atoms with Crippen molar-refractivity contribution in [2.45, 2.75) is 0 Å². The van der Waals surface area contributed by atoms with Crippen molar-refractivity contribution in [1.82, 2.24) is 19.7 Å². The normalized spacial score (nSPS) is 10.7. The topological polar surface area (TPSA) is 120 Å². The fourth-order valence-electron chi connectivity index (χ4n) is 3.29. The number of hydrogen-bond acceptors (Lipinski definition) is 7. The summed E-state index contributed by atoms with van der Waals surface area (Å²) in [6, 6.07) is 18.9. The van der Waals surface area contributed by atoms with E-state index in [0.29, 0.717) is 28.1 Å². The Labute approximate surface area is 196 Å². The van der Waals surface area contributed by atoms with E-state index in [2.05, 4.69) is 25.2 Å². The molecule has 5 aromatic rings. The lowest BCUT2D eigenvalue weighted by Crippen LogP contribution is -2.12. The molecule has 3 heterocycles. The van der Waals surface area contributed by atoms with E-state index in [1.54, 1.807) is 35.1 Å². The molecule has 0 radical (unpaired) electrons. The van der Waals surface area contributed by atoms with Gasteiger partial charge in [0.05, 0.1) is 33.6 Å². The van der Waals surface area contributed by atoms with Gasteiger partial charge in [0.15, 0.2) is 17.2 Å². The number of rotatable bonds is 5. The third-order valence-electron chi connectivity index (χ3n) is 4.91. The zero-order valence-corrected chi connectivity index (χ0v) is 18.1. The van der Waals surface area contributed by atoms with E-state index in [1.165, 1.54) is 12.1 Å². The van der Waals surface area contributed by atoms with Gasteiger partial charge in [-0.2, -0.15) is 5.10 Å². The second-order valence-corrected chi connectivity index (χ2v) is 8.10. The van der Waals surface area contributed by atoms with Crippen LogP contribution in [0.15, 0.2) is 72.9 Å². The van der Waals surface area contributed by atoms with E-state index >= 15 is 0 Å². The second kappa shape index (κ2) is 8.53. The summed E-state index contributed by atoms with van der Waals surface area (Å²) in [5.74, 6) is 0.0199. The van der Waals surface area contributed by atoms with Crippen LogP contribution in [-0.4, -0.2) is 30.6 Å². The summed E-state index contributed by atoms with van der Waals surface area (Å²) in [6.07, 6.45) is 1.56. The van der Waals surface area contributed by atoms with Crippen LogP contribution < -0.4 is 5.32 Å². The van der Waals surface area contributed by atoms with E-state index in [1.807, 2.05) is 30.3 Å². The summed E-state index contributed by atoms with van der Waals surface area (Å²) in [7, 11) is 0. The van der Waals surface area contributed by atoms with Gasteiger partial charge in [0.2, 0.25) is 0 Å². The number of amides is 1. The summed E-state index contributed by atoms with van der Waals surface area (Å²) >= 11 is 0.777. The van der Waals surface area contributed by atoms with E-state index in [4.69, 9.17) is 6.57 Å². The van der Waals surface area contributed by atoms with Crippen LogP contribution in [0, 0.1) is 16.7 Å². The minimum absolute atomic E-state index is 0.129. The average Bonchev–Trinajstić information content (AvgIpc) is 3.53. The van der Waals surface area contributed by atoms with Crippen molar-refractivity contribution >= 4 is 44.8 Å². The van der Waals surface area contributed by atoms with Crippen molar-refractivity contribution in [2.75, 3.05) is 5.32 Å². The molecule has 0 aliphatic carbocycles. The minimum Gasteiger partial charge on any atom is -0.305 e. The highest BCUT2D eigenvalue weighted by Gasteiger charge is 2.20. The number of fused-ring (bicyclic) bond motifs is 1. The highest BCUT2D eigenvalue weighted by atomic mass is 32.1. The standard InChI is InChI=1S/C23H13N7O3S/c1-24-15-9-7-14(8-10-15)20-26-21(28-23(31)18-11-12-19(34-18)30(32)33)17-13-25-29(22(17)27-20)16-5-3-2-4-6-16/h2-13H,(H,26,27,28,31). The third kappa shape index (κ3) is 3.85. The molecule has 0 bridgehead atoms. The maximum Gasteiger partial charge on any atom is 0.324 e. The highest BCUT2D eigenvalue weighted by molar-refractivity contribution is 7.17. The Morgan fingerprint density at radius 3 is 2.50 bits per heavy atom. The number of carbonyl (C=O) groups is 1. The number of nitro groups is 1. The lowest BCUT2D eigenvalue weighted by Gasteiger charge is -2.09. The van der Waals surface area contributed by atoms with Crippen LogP contribution in [0.4, 0.5) is 16.5 Å². The molecule has 0 aliphatic rings. The second-order valence-electron chi connectivity index (χ2n) is 7.03. The first-order valence-electron chi connectivity index (χ1n) is 9.88. The van der Waals surface area contributed by atoms with E-state index in [9.17, 15) is 14.9 Å². The van der Waals surface area contributed by atoms with Crippen LogP contribution in [0.3, 0.4) is 0 Å². The molecule has 0 atom stereocenters. The summed E-state index contributed by atoms with van der Waals surface area (Å²) in [4.78, 5) is 36.1. The van der Waals surface area contributed by atoms with Crippen LogP contribution >= 0.6 is 11.3 Å². The molecule has 5 rings (SSSR count). The van der Waals surface area contributed by atoms with Gasteiger partial charge >= 0.3 is 5.00 Å². The fraction of sp³-hybridized carbons (Fsp3) is 0. The largest absolute Gasteiger partial charge is 0.324 e. The Morgan fingerprint density at radius 2 is 1.82 bits per heavy atom. The van der Waals surface area contributed by atoms with Crippen LogP contribution in [0.2, 0.25) is 0 Å². The molecule has 0 aliphatic heterocycles. The third-order valence-corrected chi connectivity index (χ3v) is 5.95. The molecule has 0 unspecified atom stereocenters. The minimum atomic E-state index is -0.543. The molecule has 34 heavy (non-hydrogen) atoms.